The van der Waals surface area contributed by atoms with Crippen molar-refractivity contribution in [1.82, 2.24) is 15.3 Å². The second-order valence-electron chi connectivity index (χ2n) is 6.59. The molecule has 0 atom stereocenters. The molecular formula is C20H23N3O5. The Morgan fingerprint density at radius 3 is 2.46 bits per heavy atom. The fourth-order valence-electron chi connectivity index (χ4n) is 2.90. The van der Waals surface area contributed by atoms with Crippen molar-refractivity contribution < 1.29 is 23.3 Å². The van der Waals surface area contributed by atoms with E-state index >= 15 is 0 Å². The molecule has 2 heterocycles. The molecule has 2 aromatic heterocycles. The van der Waals surface area contributed by atoms with Crippen LogP contribution in [0.4, 0.5) is 0 Å². The molecular weight excluding hydrogens is 362 g/mol. The van der Waals surface area contributed by atoms with E-state index in [2.05, 4.69) is 20.0 Å². The minimum Gasteiger partial charge on any atom is -0.493 e. The highest BCUT2D eigenvalue weighted by molar-refractivity contribution is 5.71. The third-order valence-electron chi connectivity index (χ3n) is 4.20. The first-order chi connectivity index (χ1) is 13.5. The smallest absolute Gasteiger partial charge is 0.315 e. The fraction of sp³-hybridized carbons (Fsp3) is 0.400. The lowest BCUT2D eigenvalue weighted by atomic mass is 10.1. The summed E-state index contributed by atoms with van der Waals surface area (Å²) in [7, 11) is 1.32. The van der Waals surface area contributed by atoms with Crippen LogP contribution in [0.15, 0.2) is 27.2 Å². The zero-order valence-corrected chi connectivity index (χ0v) is 16.4. The highest BCUT2D eigenvalue weighted by atomic mass is 16.5. The Kier molecular flexibility index (Phi) is 6.08. The van der Waals surface area contributed by atoms with Crippen molar-refractivity contribution >= 4 is 5.97 Å². The molecule has 0 spiro atoms. The number of carbonyl (C=O) groups excluding carboxylic acids is 1. The Hall–Kier alpha value is -3.16. The van der Waals surface area contributed by atoms with Gasteiger partial charge in [0.2, 0.25) is 11.7 Å². The van der Waals surface area contributed by atoms with Crippen molar-refractivity contribution in [3.8, 4) is 17.1 Å². The SMILES string of the molecule is COC(=O)Cc1nc(-c2cc(C)c(OCCCc3cc(C)no3)c(C)c2)no1. The second-order valence-corrected chi connectivity index (χ2v) is 6.59. The van der Waals surface area contributed by atoms with E-state index in [1.165, 1.54) is 7.11 Å². The summed E-state index contributed by atoms with van der Waals surface area (Å²) in [5.41, 5.74) is 3.64. The number of carbonyl (C=O) groups is 1. The van der Waals surface area contributed by atoms with Gasteiger partial charge in [-0.25, -0.2) is 0 Å². The van der Waals surface area contributed by atoms with E-state index < -0.39 is 5.97 Å². The molecule has 0 bridgehead atoms. The lowest BCUT2D eigenvalue weighted by Crippen LogP contribution is -2.04. The lowest BCUT2D eigenvalue weighted by Gasteiger charge is -2.13. The van der Waals surface area contributed by atoms with E-state index in [1.54, 1.807) is 0 Å². The molecule has 0 saturated carbocycles. The standard InChI is InChI=1S/C20H23N3O5/c1-12-8-15(20-21-17(28-23-20)11-18(24)25-4)9-13(2)19(12)26-7-5-6-16-10-14(3)22-27-16/h8-10H,5-7,11H2,1-4H3. The molecule has 3 aromatic rings. The molecule has 0 amide bonds. The van der Waals surface area contributed by atoms with E-state index in [0.717, 1.165) is 46.7 Å². The minimum absolute atomic E-state index is 0.0482. The predicted molar refractivity (Wildman–Crippen MR) is 100.0 cm³/mol. The van der Waals surface area contributed by atoms with E-state index in [9.17, 15) is 4.79 Å². The van der Waals surface area contributed by atoms with Crippen molar-refractivity contribution in [3.05, 3.63) is 46.7 Å². The van der Waals surface area contributed by atoms with Crippen LogP contribution in [-0.4, -0.2) is 35.0 Å². The first-order valence-electron chi connectivity index (χ1n) is 9.02. The van der Waals surface area contributed by atoms with Gasteiger partial charge in [0.1, 0.15) is 17.9 Å². The maximum atomic E-state index is 11.3. The zero-order valence-electron chi connectivity index (χ0n) is 16.4. The monoisotopic (exact) mass is 385 g/mol. The van der Waals surface area contributed by atoms with Gasteiger partial charge in [0.25, 0.3) is 0 Å². The third-order valence-corrected chi connectivity index (χ3v) is 4.20. The number of aromatic nitrogens is 3. The minimum atomic E-state index is -0.424. The Labute approximate surface area is 162 Å². The van der Waals surface area contributed by atoms with Crippen LogP contribution in [0.2, 0.25) is 0 Å². The number of aryl methyl sites for hydroxylation is 4. The first-order valence-corrected chi connectivity index (χ1v) is 9.02. The first kappa shape index (κ1) is 19.6. The Bertz CT molecular complexity index is 937. The molecule has 0 radical (unpaired) electrons. The molecule has 0 unspecified atom stereocenters. The molecule has 148 valence electrons. The van der Waals surface area contributed by atoms with Crippen molar-refractivity contribution in [2.75, 3.05) is 13.7 Å². The summed E-state index contributed by atoms with van der Waals surface area (Å²) in [6.45, 7) is 6.42. The average Bonchev–Trinajstić information content (AvgIpc) is 3.29. The van der Waals surface area contributed by atoms with E-state index in [0.29, 0.717) is 12.4 Å². The lowest BCUT2D eigenvalue weighted by molar-refractivity contribution is -0.140. The van der Waals surface area contributed by atoms with Crippen molar-refractivity contribution in [3.63, 3.8) is 0 Å². The Morgan fingerprint density at radius 1 is 1.07 bits per heavy atom. The van der Waals surface area contributed by atoms with Crippen molar-refractivity contribution in [2.45, 2.75) is 40.0 Å². The molecule has 3 rings (SSSR count). The number of benzene rings is 1. The highest BCUT2D eigenvalue weighted by Gasteiger charge is 2.15. The van der Waals surface area contributed by atoms with E-state index in [4.69, 9.17) is 13.8 Å². The molecule has 0 saturated heterocycles. The van der Waals surface area contributed by atoms with Crippen LogP contribution in [0.25, 0.3) is 11.4 Å². The van der Waals surface area contributed by atoms with Gasteiger partial charge in [-0.15, -0.1) is 0 Å². The largest absolute Gasteiger partial charge is 0.493 e. The Balaban J connectivity index is 1.63. The predicted octanol–water partition coefficient (Wildman–Crippen LogP) is 3.38. The summed E-state index contributed by atoms with van der Waals surface area (Å²) in [5.74, 6) is 1.94. The number of nitrogens with zero attached hydrogens (tertiary/aromatic N) is 3. The highest BCUT2D eigenvalue weighted by Crippen LogP contribution is 2.29. The van der Waals surface area contributed by atoms with Gasteiger partial charge >= 0.3 is 5.97 Å². The average molecular weight is 385 g/mol. The second kappa shape index (κ2) is 8.69. The summed E-state index contributed by atoms with van der Waals surface area (Å²) in [5, 5.41) is 7.83. The van der Waals surface area contributed by atoms with Gasteiger partial charge in [0.05, 0.1) is 19.4 Å². The van der Waals surface area contributed by atoms with E-state index in [1.807, 2.05) is 39.0 Å². The number of hydrogen-bond donors (Lipinski definition) is 0. The number of ether oxygens (including phenoxy) is 2. The molecule has 8 nitrogen and oxygen atoms in total. The number of hydrogen-bond acceptors (Lipinski definition) is 8. The molecule has 0 N–H and O–H groups in total. The zero-order chi connectivity index (χ0) is 20.1. The van der Waals surface area contributed by atoms with Crippen LogP contribution in [0.1, 0.15) is 34.9 Å². The molecule has 0 aliphatic heterocycles. The molecule has 28 heavy (non-hydrogen) atoms. The van der Waals surface area contributed by atoms with Gasteiger partial charge < -0.3 is 18.5 Å². The van der Waals surface area contributed by atoms with Gasteiger partial charge in [0.15, 0.2) is 0 Å². The summed E-state index contributed by atoms with van der Waals surface area (Å²) in [4.78, 5) is 15.6. The van der Waals surface area contributed by atoms with Gasteiger partial charge in [-0.2, -0.15) is 4.98 Å². The maximum absolute atomic E-state index is 11.3. The summed E-state index contributed by atoms with van der Waals surface area (Å²) in [6.07, 6.45) is 1.56. The van der Waals surface area contributed by atoms with Crippen LogP contribution in [0, 0.1) is 20.8 Å². The fourth-order valence-corrected chi connectivity index (χ4v) is 2.90. The van der Waals surface area contributed by atoms with Gasteiger partial charge in [0, 0.05) is 18.1 Å². The summed E-state index contributed by atoms with van der Waals surface area (Å²) in [6, 6.07) is 5.81. The molecule has 1 aromatic carbocycles. The van der Waals surface area contributed by atoms with Crippen LogP contribution in [0.5, 0.6) is 5.75 Å². The van der Waals surface area contributed by atoms with Gasteiger partial charge in [-0.1, -0.05) is 10.3 Å². The molecule has 8 heteroatoms. The number of esters is 1. The normalized spacial score (nSPS) is 10.9. The Morgan fingerprint density at radius 2 is 1.82 bits per heavy atom. The molecule has 0 aliphatic carbocycles. The third kappa shape index (κ3) is 4.76. The summed E-state index contributed by atoms with van der Waals surface area (Å²) < 4.78 is 20.9. The van der Waals surface area contributed by atoms with Crippen LogP contribution >= 0.6 is 0 Å². The molecule has 0 fully saturated rings. The van der Waals surface area contributed by atoms with Crippen molar-refractivity contribution in [2.24, 2.45) is 0 Å². The van der Waals surface area contributed by atoms with Crippen LogP contribution in [0.3, 0.4) is 0 Å². The van der Waals surface area contributed by atoms with Crippen LogP contribution < -0.4 is 4.74 Å². The topological polar surface area (TPSA) is 100 Å². The van der Waals surface area contributed by atoms with Crippen LogP contribution in [-0.2, 0) is 22.4 Å². The number of methoxy groups -OCH3 is 1. The van der Waals surface area contributed by atoms with Crippen molar-refractivity contribution in [1.29, 1.82) is 0 Å². The summed E-state index contributed by atoms with van der Waals surface area (Å²) >= 11 is 0. The van der Waals surface area contributed by atoms with E-state index in [-0.39, 0.29) is 12.3 Å². The number of rotatable bonds is 8. The van der Waals surface area contributed by atoms with Gasteiger partial charge in [-0.05, 0) is 50.5 Å². The van der Waals surface area contributed by atoms with Gasteiger partial charge in [-0.3, -0.25) is 4.79 Å². The maximum Gasteiger partial charge on any atom is 0.315 e. The quantitative estimate of drug-likeness (QED) is 0.430. The molecule has 0 aliphatic rings.